The van der Waals surface area contributed by atoms with Crippen molar-refractivity contribution in [1.29, 1.82) is 0 Å². The Morgan fingerprint density at radius 3 is 2.43 bits per heavy atom. The standard InChI is InChI=1S/C11H12N2O/c12-8-2-1-3-9-4-6-10(7-5-9)11(13)14/h4-7H,2,8,12H2,(H2,13,14). The van der Waals surface area contributed by atoms with Crippen molar-refractivity contribution in [1.82, 2.24) is 0 Å². The summed E-state index contributed by atoms with van der Waals surface area (Å²) in [5.41, 5.74) is 11.7. The maximum absolute atomic E-state index is 10.7. The molecule has 0 aliphatic heterocycles. The molecule has 0 unspecified atom stereocenters. The number of hydrogen-bond donors (Lipinski definition) is 2. The van der Waals surface area contributed by atoms with E-state index >= 15 is 0 Å². The van der Waals surface area contributed by atoms with Gasteiger partial charge in [0.25, 0.3) is 0 Å². The maximum Gasteiger partial charge on any atom is 0.248 e. The van der Waals surface area contributed by atoms with Crippen LogP contribution in [0.3, 0.4) is 0 Å². The summed E-state index contributed by atoms with van der Waals surface area (Å²) in [5, 5.41) is 0. The Morgan fingerprint density at radius 1 is 1.29 bits per heavy atom. The molecule has 4 N–H and O–H groups in total. The highest BCUT2D eigenvalue weighted by atomic mass is 16.1. The molecule has 0 heterocycles. The molecule has 14 heavy (non-hydrogen) atoms. The van der Waals surface area contributed by atoms with Crippen LogP contribution in [0.2, 0.25) is 0 Å². The molecule has 1 aromatic rings. The molecule has 1 aromatic carbocycles. The smallest absolute Gasteiger partial charge is 0.248 e. The van der Waals surface area contributed by atoms with E-state index in [1.165, 1.54) is 0 Å². The molecular weight excluding hydrogens is 176 g/mol. The largest absolute Gasteiger partial charge is 0.366 e. The van der Waals surface area contributed by atoms with Gasteiger partial charge in [-0.15, -0.1) is 0 Å². The van der Waals surface area contributed by atoms with Gasteiger partial charge in [0.1, 0.15) is 0 Å². The Morgan fingerprint density at radius 2 is 1.93 bits per heavy atom. The van der Waals surface area contributed by atoms with Gasteiger partial charge in [0, 0.05) is 24.1 Å². The second-order valence-corrected chi connectivity index (χ2v) is 2.78. The van der Waals surface area contributed by atoms with E-state index < -0.39 is 5.91 Å². The second kappa shape index (κ2) is 5.05. The first-order valence-corrected chi connectivity index (χ1v) is 4.33. The van der Waals surface area contributed by atoms with Gasteiger partial charge in [-0.2, -0.15) is 0 Å². The third-order valence-corrected chi connectivity index (χ3v) is 1.67. The minimum atomic E-state index is -0.425. The van der Waals surface area contributed by atoms with E-state index in [0.717, 1.165) is 5.56 Å². The van der Waals surface area contributed by atoms with Crippen molar-refractivity contribution in [2.24, 2.45) is 11.5 Å². The summed E-state index contributed by atoms with van der Waals surface area (Å²) < 4.78 is 0. The molecule has 0 atom stereocenters. The molecule has 0 saturated carbocycles. The van der Waals surface area contributed by atoms with Crippen molar-refractivity contribution in [3.63, 3.8) is 0 Å². The third-order valence-electron chi connectivity index (χ3n) is 1.67. The van der Waals surface area contributed by atoms with Crippen LogP contribution >= 0.6 is 0 Å². The van der Waals surface area contributed by atoms with Gasteiger partial charge in [0.05, 0.1) is 0 Å². The van der Waals surface area contributed by atoms with Crippen LogP contribution in [0.15, 0.2) is 24.3 Å². The molecule has 0 radical (unpaired) electrons. The molecule has 0 aliphatic carbocycles. The first-order valence-electron chi connectivity index (χ1n) is 4.33. The highest BCUT2D eigenvalue weighted by Gasteiger charge is 1.97. The molecule has 0 spiro atoms. The maximum atomic E-state index is 10.7. The van der Waals surface area contributed by atoms with E-state index in [-0.39, 0.29) is 0 Å². The second-order valence-electron chi connectivity index (χ2n) is 2.78. The Kier molecular flexibility index (Phi) is 3.71. The van der Waals surface area contributed by atoms with Crippen LogP contribution in [0.25, 0.3) is 0 Å². The number of primary amides is 1. The Bertz CT molecular complexity index is 371. The fourth-order valence-corrected chi connectivity index (χ4v) is 0.955. The number of carbonyl (C=O) groups excluding carboxylic acids is 1. The molecule has 1 amide bonds. The molecule has 3 nitrogen and oxygen atoms in total. The van der Waals surface area contributed by atoms with Gasteiger partial charge in [0.2, 0.25) is 5.91 Å². The van der Waals surface area contributed by atoms with Crippen LogP contribution in [-0.2, 0) is 0 Å². The quantitative estimate of drug-likeness (QED) is 0.663. The molecule has 3 heteroatoms. The number of rotatable bonds is 2. The summed E-state index contributed by atoms with van der Waals surface area (Å²) >= 11 is 0. The zero-order chi connectivity index (χ0) is 10.4. The lowest BCUT2D eigenvalue weighted by Crippen LogP contribution is -2.10. The topological polar surface area (TPSA) is 69.1 Å². The lowest BCUT2D eigenvalue weighted by Gasteiger charge is -1.94. The SMILES string of the molecule is NCCC#Cc1ccc(C(N)=O)cc1. The Hall–Kier alpha value is -1.79. The lowest BCUT2D eigenvalue weighted by atomic mass is 10.1. The minimum Gasteiger partial charge on any atom is -0.366 e. The molecule has 0 fully saturated rings. The first kappa shape index (κ1) is 10.3. The summed E-state index contributed by atoms with van der Waals surface area (Å²) in [6.45, 7) is 0.562. The van der Waals surface area contributed by atoms with Gasteiger partial charge in [-0.25, -0.2) is 0 Å². The summed E-state index contributed by atoms with van der Waals surface area (Å²) in [6, 6.07) is 6.86. The number of benzene rings is 1. The van der Waals surface area contributed by atoms with Crippen molar-refractivity contribution >= 4 is 5.91 Å². The van der Waals surface area contributed by atoms with Gasteiger partial charge in [-0.1, -0.05) is 11.8 Å². The van der Waals surface area contributed by atoms with E-state index in [1.807, 2.05) is 0 Å². The van der Waals surface area contributed by atoms with Gasteiger partial charge >= 0.3 is 0 Å². The van der Waals surface area contributed by atoms with E-state index in [0.29, 0.717) is 18.5 Å². The highest BCUT2D eigenvalue weighted by molar-refractivity contribution is 5.92. The van der Waals surface area contributed by atoms with Crippen LogP contribution in [0, 0.1) is 11.8 Å². The van der Waals surface area contributed by atoms with E-state index in [9.17, 15) is 4.79 Å². The third kappa shape index (κ3) is 2.92. The number of carbonyl (C=O) groups is 1. The predicted molar refractivity (Wildman–Crippen MR) is 55.5 cm³/mol. The zero-order valence-electron chi connectivity index (χ0n) is 7.79. The summed E-state index contributed by atoms with van der Waals surface area (Å²) in [7, 11) is 0. The fourth-order valence-electron chi connectivity index (χ4n) is 0.955. The van der Waals surface area contributed by atoms with Crippen LogP contribution in [0.5, 0.6) is 0 Å². The van der Waals surface area contributed by atoms with Crippen LogP contribution in [0.1, 0.15) is 22.3 Å². The van der Waals surface area contributed by atoms with Gasteiger partial charge < -0.3 is 11.5 Å². The van der Waals surface area contributed by atoms with E-state index in [4.69, 9.17) is 11.5 Å². The van der Waals surface area contributed by atoms with Crippen molar-refractivity contribution in [3.05, 3.63) is 35.4 Å². The van der Waals surface area contributed by atoms with E-state index in [1.54, 1.807) is 24.3 Å². The number of amides is 1. The summed E-state index contributed by atoms with van der Waals surface area (Å²) in [6.07, 6.45) is 0.678. The van der Waals surface area contributed by atoms with Crippen LogP contribution in [-0.4, -0.2) is 12.5 Å². The molecule has 72 valence electrons. The fraction of sp³-hybridized carbons (Fsp3) is 0.182. The minimum absolute atomic E-state index is 0.425. The molecular formula is C11H12N2O. The molecule has 0 saturated heterocycles. The van der Waals surface area contributed by atoms with Crippen molar-refractivity contribution < 1.29 is 4.79 Å². The van der Waals surface area contributed by atoms with Gasteiger partial charge in [0.15, 0.2) is 0 Å². The monoisotopic (exact) mass is 188 g/mol. The zero-order valence-corrected chi connectivity index (χ0v) is 7.79. The van der Waals surface area contributed by atoms with E-state index in [2.05, 4.69) is 11.8 Å². The molecule has 0 bridgehead atoms. The average molecular weight is 188 g/mol. The van der Waals surface area contributed by atoms with Crippen LogP contribution < -0.4 is 11.5 Å². The van der Waals surface area contributed by atoms with Gasteiger partial charge in [-0.3, -0.25) is 4.79 Å². The molecule has 0 aliphatic rings. The lowest BCUT2D eigenvalue weighted by molar-refractivity contribution is 0.100. The Balaban J connectivity index is 2.75. The Labute approximate surface area is 83.1 Å². The normalized spacial score (nSPS) is 8.93. The summed E-state index contributed by atoms with van der Waals surface area (Å²) in [4.78, 5) is 10.7. The predicted octanol–water partition coefficient (Wildman–Crippen LogP) is 0.486. The van der Waals surface area contributed by atoms with Crippen molar-refractivity contribution in [3.8, 4) is 11.8 Å². The average Bonchev–Trinajstić information content (AvgIpc) is 2.19. The molecule has 1 rings (SSSR count). The van der Waals surface area contributed by atoms with Crippen LogP contribution in [0.4, 0.5) is 0 Å². The molecule has 0 aromatic heterocycles. The van der Waals surface area contributed by atoms with Gasteiger partial charge in [-0.05, 0) is 24.3 Å². The van der Waals surface area contributed by atoms with Crippen molar-refractivity contribution in [2.75, 3.05) is 6.54 Å². The number of hydrogen-bond acceptors (Lipinski definition) is 2. The number of nitrogens with two attached hydrogens (primary N) is 2. The first-order chi connectivity index (χ1) is 6.74. The van der Waals surface area contributed by atoms with Crippen molar-refractivity contribution in [2.45, 2.75) is 6.42 Å². The highest BCUT2D eigenvalue weighted by Crippen LogP contribution is 2.02. The summed E-state index contributed by atoms with van der Waals surface area (Å²) in [5.74, 6) is 5.41.